The van der Waals surface area contributed by atoms with Gasteiger partial charge >= 0.3 is 0 Å². The number of aliphatic hydroxyl groups is 1. The lowest BCUT2D eigenvalue weighted by molar-refractivity contribution is 0.0472. The molecule has 1 fully saturated rings. The molecule has 0 spiro atoms. The Kier molecular flexibility index (Phi) is 6.81. The molecule has 2 rings (SSSR count). The van der Waals surface area contributed by atoms with Crippen molar-refractivity contribution < 1.29 is 14.2 Å². The zero-order valence-corrected chi connectivity index (χ0v) is 14.5. The van der Waals surface area contributed by atoms with Gasteiger partial charge < -0.3 is 9.84 Å². The fourth-order valence-electron chi connectivity index (χ4n) is 3.27. The van der Waals surface area contributed by atoms with E-state index in [1.54, 1.807) is 19.2 Å². The highest BCUT2D eigenvalue weighted by Crippen LogP contribution is 2.21. The van der Waals surface area contributed by atoms with Crippen LogP contribution in [0.25, 0.3) is 0 Å². The van der Waals surface area contributed by atoms with Gasteiger partial charge in [-0.05, 0) is 30.5 Å². The smallest absolute Gasteiger partial charge is 0.127 e. The monoisotopic (exact) mass is 324 g/mol. The topological polar surface area (TPSA) is 35.9 Å². The summed E-state index contributed by atoms with van der Waals surface area (Å²) in [6.45, 7) is 9.01. The number of rotatable bonds is 7. The highest BCUT2D eigenvalue weighted by atomic mass is 19.1. The molecule has 0 saturated carbocycles. The molecule has 0 unspecified atom stereocenters. The SMILES string of the molecule is COc1ccc(F)c(CN2CCN(CC(C)C)[C@@H](CCO)C2)c1. The first-order valence-electron chi connectivity index (χ1n) is 8.43. The predicted molar refractivity (Wildman–Crippen MR) is 90.1 cm³/mol. The largest absolute Gasteiger partial charge is 0.497 e. The second kappa shape index (κ2) is 8.62. The summed E-state index contributed by atoms with van der Waals surface area (Å²) in [4.78, 5) is 4.73. The summed E-state index contributed by atoms with van der Waals surface area (Å²) in [7, 11) is 1.60. The van der Waals surface area contributed by atoms with Crippen LogP contribution in [0.4, 0.5) is 4.39 Å². The maximum absolute atomic E-state index is 14.0. The van der Waals surface area contributed by atoms with E-state index >= 15 is 0 Å². The Labute approximate surface area is 138 Å². The van der Waals surface area contributed by atoms with Gasteiger partial charge in [-0.1, -0.05) is 13.8 Å². The van der Waals surface area contributed by atoms with Crippen molar-refractivity contribution in [3.63, 3.8) is 0 Å². The van der Waals surface area contributed by atoms with Crippen LogP contribution in [0.5, 0.6) is 5.75 Å². The Morgan fingerprint density at radius 2 is 2.13 bits per heavy atom. The summed E-state index contributed by atoms with van der Waals surface area (Å²) < 4.78 is 19.2. The Morgan fingerprint density at radius 1 is 1.35 bits per heavy atom. The Hall–Kier alpha value is -1.17. The lowest BCUT2D eigenvalue weighted by Crippen LogP contribution is -2.53. The quantitative estimate of drug-likeness (QED) is 0.835. The molecule has 1 aromatic rings. The van der Waals surface area contributed by atoms with E-state index in [4.69, 9.17) is 4.74 Å². The van der Waals surface area contributed by atoms with Gasteiger partial charge in [0.15, 0.2) is 0 Å². The van der Waals surface area contributed by atoms with Crippen LogP contribution in [-0.4, -0.2) is 60.8 Å². The minimum atomic E-state index is -0.186. The van der Waals surface area contributed by atoms with Gasteiger partial charge in [0.2, 0.25) is 0 Å². The van der Waals surface area contributed by atoms with E-state index < -0.39 is 0 Å². The van der Waals surface area contributed by atoms with Crippen LogP contribution in [0.3, 0.4) is 0 Å². The zero-order chi connectivity index (χ0) is 16.8. The fourth-order valence-corrected chi connectivity index (χ4v) is 3.27. The summed E-state index contributed by atoms with van der Waals surface area (Å²) >= 11 is 0. The predicted octanol–water partition coefficient (Wildman–Crippen LogP) is 2.36. The number of halogens is 1. The average Bonchev–Trinajstić information content (AvgIpc) is 2.52. The third-order valence-electron chi connectivity index (χ3n) is 4.40. The molecule has 4 nitrogen and oxygen atoms in total. The van der Waals surface area contributed by atoms with Crippen LogP contribution in [0, 0.1) is 11.7 Å². The van der Waals surface area contributed by atoms with E-state index in [2.05, 4.69) is 23.6 Å². The van der Waals surface area contributed by atoms with E-state index in [0.717, 1.165) is 32.6 Å². The standard InChI is InChI=1S/C18H29FN2O2/c1-14(2)11-21-8-7-20(13-16(21)6-9-22)12-15-10-17(23-3)4-5-18(15)19/h4-5,10,14,16,22H,6-9,11-13H2,1-3H3/t16-/m0/s1. The molecule has 0 aromatic heterocycles. The molecule has 1 saturated heterocycles. The summed E-state index contributed by atoms with van der Waals surface area (Å²) in [6, 6.07) is 5.23. The van der Waals surface area contributed by atoms with Crippen molar-refractivity contribution in [2.24, 2.45) is 5.92 Å². The van der Waals surface area contributed by atoms with Gasteiger partial charge in [-0.25, -0.2) is 4.39 Å². The second-order valence-corrected chi connectivity index (χ2v) is 6.75. The molecule has 1 aliphatic rings. The number of piperazine rings is 1. The third-order valence-corrected chi connectivity index (χ3v) is 4.40. The lowest BCUT2D eigenvalue weighted by atomic mass is 10.1. The first-order valence-corrected chi connectivity index (χ1v) is 8.43. The van der Waals surface area contributed by atoms with Crippen molar-refractivity contribution in [2.75, 3.05) is 39.9 Å². The molecule has 0 bridgehead atoms. The first kappa shape index (κ1) is 18.2. The molecular formula is C18H29FN2O2. The maximum Gasteiger partial charge on any atom is 0.127 e. The summed E-state index contributed by atoms with van der Waals surface area (Å²) in [5, 5.41) is 9.34. The van der Waals surface area contributed by atoms with Crippen molar-refractivity contribution in [1.82, 2.24) is 9.80 Å². The zero-order valence-electron chi connectivity index (χ0n) is 14.5. The Balaban J connectivity index is 2.02. The molecule has 1 N–H and O–H groups in total. The van der Waals surface area contributed by atoms with Crippen LogP contribution in [0.1, 0.15) is 25.8 Å². The van der Waals surface area contributed by atoms with Crippen LogP contribution in [-0.2, 0) is 6.54 Å². The second-order valence-electron chi connectivity index (χ2n) is 6.75. The number of hydrogen-bond acceptors (Lipinski definition) is 4. The fraction of sp³-hybridized carbons (Fsp3) is 0.667. The van der Waals surface area contributed by atoms with Gasteiger partial charge in [-0.15, -0.1) is 0 Å². The van der Waals surface area contributed by atoms with Gasteiger partial charge in [0.25, 0.3) is 0 Å². The number of ether oxygens (including phenoxy) is 1. The third kappa shape index (κ3) is 5.16. The molecule has 5 heteroatoms. The molecule has 1 aliphatic heterocycles. The molecule has 23 heavy (non-hydrogen) atoms. The number of benzene rings is 1. The van der Waals surface area contributed by atoms with Gasteiger partial charge in [-0.2, -0.15) is 0 Å². The number of nitrogens with zero attached hydrogens (tertiary/aromatic N) is 2. The van der Waals surface area contributed by atoms with Crippen molar-refractivity contribution in [1.29, 1.82) is 0 Å². The van der Waals surface area contributed by atoms with Crippen LogP contribution in [0.15, 0.2) is 18.2 Å². The molecular weight excluding hydrogens is 295 g/mol. The molecule has 1 heterocycles. The molecule has 0 amide bonds. The Morgan fingerprint density at radius 3 is 2.78 bits per heavy atom. The van der Waals surface area contributed by atoms with Crippen LogP contribution < -0.4 is 4.74 Å². The lowest BCUT2D eigenvalue weighted by Gasteiger charge is -2.42. The first-order chi connectivity index (χ1) is 11.0. The van der Waals surface area contributed by atoms with E-state index in [1.807, 2.05) is 0 Å². The highest BCUT2D eigenvalue weighted by Gasteiger charge is 2.27. The molecule has 1 aromatic carbocycles. The van der Waals surface area contributed by atoms with E-state index in [-0.39, 0.29) is 12.4 Å². The highest BCUT2D eigenvalue weighted by molar-refractivity contribution is 5.29. The van der Waals surface area contributed by atoms with E-state index in [1.165, 1.54) is 6.07 Å². The molecule has 0 aliphatic carbocycles. The van der Waals surface area contributed by atoms with Gasteiger partial charge in [-0.3, -0.25) is 9.80 Å². The van der Waals surface area contributed by atoms with E-state index in [0.29, 0.717) is 29.8 Å². The molecule has 130 valence electrons. The van der Waals surface area contributed by atoms with Crippen molar-refractivity contribution in [2.45, 2.75) is 32.9 Å². The number of hydrogen-bond donors (Lipinski definition) is 1. The van der Waals surface area contributed by atoms with Gasteiger partial charge in [0, 0.05) is 50.9 Å². The molecule has 1 atom stereocenters. The summed E-state index contributed by atoms with van der Waals surface area (Å²) in [5.74, 6) is 1.11. The van der Waals surface area contributed by atoms with E-state index in [9.17, 15) is 9.50 Å². The van der Waals surface area contributed by atoms with Gasteiger partial charge in [0.1, 0.15) is 11.6 Å². The van der Waals surface area contributed by atoms with Crippen molar-refractivity contribution in [3.8, 4) is 5.75 Å². The molecule has 0 radical (unpaired) electrons. The maximum atomic E-state index is 14.0. The average molecular weight is 324 g/mol. The van der Waals surface area contributed by atoms with Gasteiger partial charge in [0.05, 0.1) is 7.11 Å². The van der Waals surface area contributed by atoms with Crippen LogP contribution in [0.2, 0.25) is 0 Å². The number of methoxy groups -OCH3 is 1. The van der Waals surface area contributed by atoms with Crippen molar-refractivity contribution in [3.05, 3.63) is 29.6 Å². The minimum Gasteiger partial charge on any atom is -0.497 e. The Bertz CT molecular complexity index is 496. The van der Waals surface area contributed by atoms with Crippen molar-refractivity contribution >= 4 is 0 Å². The summed E-state index contributed by atoms with van der Waals surface area (Å²) in [5.41, 5.74) is 0.671. The minimum absolute atomic E-state index is 0.186. The normalized spacial score (nSPS) is 20.2. The van der Waals surface area contributed by atoms with Crippen LogP contribution >= 0.6 is 0 Å². The summed E-state index contributed by atoms with van der Waals surface area (Å²) in [6.07, 6.45) is 0.768. The number of aliphatic hydroxyl groups excluding tert-OH is 1.